The third kappa shape index (κ3) is 4.59. The van der Waals surface area contributed by atoms with E-state index in [-0.39, 0.29) is 5.69 Å². The van der Waals surface area contributed by atoms with E-state index in [1.165, 1.54) is 12.1 Å². The van der Waals surface area contributed by atoms with E-state index in [2.05, 4.69) is 9.97 Å². The number of H-pyrrole nitrogens is 1. The standard InChI is InChI=1S/C22H17N3O4/c26-25(27)17-8-12-20(13-9-17)29-19-10-6-16(7-11-19)21-14-23-22(24-21)15-28-18-4-2-1-3-5-18/h1-14H,15H2,(H,23,24). The zero-order valence-electron chi connectivity index (χ0n) is 15.3. The number of hydrogen-bond acceptors (Lipinski definition) is 5. The summed E-state index contributed by atoms with van der Waals surface area (Å²) in [7, 11) is 0. The van der Waals surface area contributed by atoms with Gasteiger partial charge in [-0.3, -0.25) is 10.1 Å². The summed E-state index contributed by atoms with van der Waals surface area (Å²) in [5.74, 6) is 2.68. The maximum Gasteiger partial charge on any atom is 0.269 e. The maximum atomic E-state index is 10.7. The minimum absolute atomic E-state index is 0.0262. The van der Waals surface area contributed by atoms with Gasteiger partial charge in [0.1, 0.15) is 29.7 Å². The van der Waals surface area contributed by atoms with E-state index >= 15 is 0 Å². The van der Waals surface area contributed by atoms with Gasteiger partial charge >= 0.3 is 0 Å². The van der Waals surface area contributed by atoms with Crippen molar-refractivity contribution in [2.24, 2.45) is 0 Å². The highest BCUT2D eigenvalue weighted by molar-refractivity contribution is 5.59. The number of imidazole rings is 1. The Morgan fingerprint density at radius 2 is 1.52 bits per heavy atom. The third-order valence-electron chi connectivity index (χ3n) is 4.18. The molecule has 0 saturated carbocycles. The van der Waals surface area contributed by atoms with Crippen molar-refractivity contribution in [1.82, 2.24) is 9.97 Å². The fourth-order valence-electron chi connectivity index (χ4n) is 2.72. The van der Waals surface area contributed by atoms with Crippen molar-refractivity contribution in [2.45, 2.75) is 6.61 Å². The maximum absolute atomic E-state index is 10.7. The highest BCUT2D eigenvalue weighted by Gasteiger charge is 2.07. The summed E-state index contributed by atoms with van der Waals surface area (Å²) >= 11 is 0. The second kappa shape index (κ2) is 8.26. The third-order valence-corrected chi connectivity index (χ3v) is 4.18. The smallest absolute Gasteiger partial charge is 0.269 e. The second-order valence-corrected chi connectivity index (χ2v) is 6.21. The lowest BCUT2D eigenvalue weighted by Gasteiger charge is -2.06. The number of nitro benzene ring substituents is 1. The first kappa shape index (κ1) is 18.2. The monoisotopic (exact) mass is 387 g/mol. The molecule has 0 radical (unpaired) electrons. The number of nitro groups is 1. The summed E-state index contributed by atoms with van der Waals surface area (Å²) in [5.41, 5.74) is 1.76. The minimum Gasteiger partial charge on any atom is -0.486 e. The van der Waals surface area contributed by atoms with Gasteiger partial charge in [0.25, 0.3) is 5.69 Å². The molecule has 29 heavy (non-hydrogen) atoms. The second-order valence-electron chi connectivity index (χ2n) is 6.21. The van der Waals surface area contributed by atoms with Crippen LogP contribution in [0.3, 0.4) is 0 Å². The van der Waals surface area contributed by atoms with E-state index in [0.29, 0.717) is 18.1 Å². The van der Waals surface area contributed by atoms with E-state index in [4.69, 9.17) is 9.47 Å². The van der Waals surface area contributed by atoms with Crippen LogP contribution in [-0.2, 0) is 6.61 Å². The van der Waals surface area contributed by atoms with Crippen LogP contribution in [0.2, 0.25) is 0 Å². The molecule has 7 nitrogen and oxygen atoms in total. The Bertz CT molecular complexity index is 1090. The van der Waals surface area contributed by atoms with E-state index in [1.54, 1.807) is 12.1 Å². The van der Waals surface area contributed by atoms with Gasteiger partial charge in [-0.15, -0.1) is 0 Å². The first-order valence-corrected chi connectivity index (χ1v) is 8.92. The zero-order valence-corrected chi connectivity index (χ0v) is 15.3. The van der Waals surface area contributed by atoms with Gasteiger partial charge in [-0.25, -0.2) is 4.98 Å². The Hall–Kier alpha value is -4.13. The first-order chi connectivity index (χ1) is 14.2. The van der Waals surface area contributed by atoms with Crippen molar-refractivity contribution in [1.29, 1.82) is 0 Å². The van der Waals surface area contributed by atoms with Crippen LogP contribution in [-0.4, -0.2) is 14.9 Å². The van der Waals surface area contributed by atoms with Gasteiger partial charge in [0.15, 0.2) is 0 Å². The van der Waals surface area contributed by atoms with Crippen LogP contribution in [0.1, 0.15) is 5.82 Å². The Balaban J connectivity index is 1.39. The summed E-state index contributed by atoms with van der Waals surface area (Å²) in [6, 6.07) is 23.0. The fourth-order valence-corrected chi connectivity index (χ4v) is 2.72. The zero-order chi connectivity index (χ0) is 20.1. The molecule has 1 N–H and O–H groups in total. The SMILES string of the molecule is O=[N+]([O-])c1ccc(Oc2ccc(-c3c[nH]c(COc4ccccc4)n3)cc2)cc1. The molecule has 0 aliphatic carbocycles. The molecule has 4 aromatic rings. The number of aromatic nitrogens is 2. The largest absolute Gasteiger partial charge is 0.486 e. The lowest BCUT2D eigenvalue weighted by molar-refractivity contribution is -0.384. The molecule has 1 heterocycles. The minimum atomic E-state index is -0.443. The van der Waals surface area contributed by atoms with Crippen LogP contribution in [0.15, 0.2) is 85.1 Å². The van der Waals surface area contributed by atoms with Crippen molar-refractivity contribution in [3.8, 4) is 28.5 Å². The molecule has 3 aromatic carbocycles. The predicted molar refractivity (Wildman–Crippen MR) is 108 cm³/mol. The molecular formula is C22H17N3O4. The predicted octanol–water partition coefficient (Wildman–Crippen LogP) is 5.36. The van der Waals surface area contributed by atoms with Crippen LogP contribution < -0.4 is 9.47 Å². The van der Waals surface area contributed by atoms with Gasteiger partial charge < -0.3 is 14.5 Å². The number of nitrogens with one attached hydrogen (secondary N) is 1. The number of hydrogen-bond donors (Lipinski definition) is 1. The molecule has 7 heteroatoms. The normalized spacial score (nSPS) is 10.5. The lowest BCUT2D eigenvalue weighted by Crippen LogP contribution is -1.97. The van der Waals surface area contributed by atoms with Gasteiger partial charge in [0.05, 0.1) is 10.6 Å². The molecule has 0 saturated heterocycles. The first-order valence-electron chi connectivity index (χ1n) is 8.92. The molecular weight excluding hydrogens is 370 g/mol. The summed E-state index contributed by atoms with van der Waals surface area (Å²) in [6.45, 7) is 0.353. The summed E-state index contributed by atoms with van der Waals surface area (Å²) < 4.78 is 11.4. The van der Waals surface area contributed by atoms with Crippen molar-refractivity contribution >= 4 is 5.69 Å². The number of non-ortho nitro benzene ring substituents is 1. The highest BCUT2D eigenvalue weighted by Crippen LogP contribution is 2.26. The molecule has 0 amide bonds. The van der Waals surface area contributed by atoms with Crippen molar-refractivity contribution in [2.75, 3.05) is 0 Å². The summed E-state index contributed by atoms with van der Waals surface area (Å²) in [5, 5.41) is 10.7. The van der Waals surface area contributed by atoms with Gasteiger partial charge in [-0.05, 0) is 48.5 Å². The molecule has 4 rings (SSSR count). The van der Waals surface area contributed by atoms with Gasteiger partial charge in [-0.1, -0.05) is 18.2 Å². The molecule has 0 unspecified atom stereocenters. The van der Waals surface area contributed by atoms with E-state index in [9.17, 15) is 10.1 Å². The van der Waals surface area contributed by atoms with Crippen LogP contribution in [0.5, 0.6) is 17.2 Å². The van der Waals surface area contributed by atoms with E-state index in [1.807, 2.05) is 60.8 Å². The number of rotatable bonds is 7. The number of ether oxygens (including phenoxy) is 2. The molecule has 0 aliphatic rings. The van der Waals surface area contributed by atoms with Gasteiger partial charge in [0, 0.05) is 23.9 Å². The number of para-hydroxylation sites is 1. The molecule has 1 aromatic heterocycles. The number of benzene rings is 3. The van der Waals surface area contributed by atoms with Crippen LogP contribution in [0.25, 0.3) is 11.3 Å². The van der Waals surface area contributed by atoms with Crippen LogP contribution >= 0.6 is 0 Å². The van der Waals surface area contributed by atoms with Crippen LogP contribution in [0.4, 0.5) is 5.69 Å². The quantitative estimate of drug-likeness (QED) is 0.341. The molecule has 0 atom stereocenters. The molecule has 0 fully saturated rings. The number of aromatic amines is 1. The van der Waals surface area contributed by atoms with Crippen LogP contribution in [0, 0.1) is 10.1 Å². The van der Waals surface area contributed by atoms with Crippen molar-refractivity contribution < 1.29 is 14.4 Å². The summed E-state index contributed by atoms with van der Waals surface area (Å²) in [4.78, 5) is 17.9. The Morgan fingerprint density at radius 3 is 2.17 bits per heavy atom. The fraction of sp³-hybridized carbons (Fsp3) is 0.0455. The Kier molecular flexibility index (Phi) is 5.20. The highest BCUT2D eigenvalue weighted by atomic mass is 16.6. The molecule has 0 aliphatic heterocycles. The topological polar surface area (TPSA) is 90.3 Å². The Morgan fingerprint density at radius 1 is 0.862 bits per heavy atom. The average molecular weight is 387 g/mol. The van der Waals surface area contributed by atoms with E-state index < -0.39 is 4.92 Å². The Labute approximate surface area is 166 Å². The lowest BCUT2D eigenvalue weighted by atomic mass is 10.1. The average Bonchev–Trinajstić information content (AvgIpc) is 3.23. The van der Waals surface area contributed by atoms with E-state index in [0.717, 1.165) is 22.8 Å². The molecule has 144 valence electrons. The van der Waals surface area contributed by atoms with Gasteiger partial charge in [0.2, 0.25) is 0 Å². The summed E-state index contributed by atoms with van der Waals surface area (Å²) in [6.07, 6.45) is 1.83. The molecule has 0 spiro atoms. The van der Waals surface area contributed by atoms with Crippen molar-refractivity contribution in [3.05, 3.63) is 101 Å². The van der Waals surface area contributed by atoms with Gasteiger partial charge in [-0.2, -0.15) is 0 Å². The number of nitrogens with zero attached hydrogens (tertiary/aromatic N) is 2. The molecule has 0 bridgehead atoms. The van der Waals surface area contributed by atoms with Crippen molar-refractivity contribution in [3.63, 3.8) is 0 Å².